The van der Waals surface area contributed by atoms with E-state index < -0.39 is 0 Å². The van der Waals surface area contributed by atoms with E-state index >= 15 is 0 Å². The largest absolute Gasteiger partial charge is 0.119 e. The standard InChI is InChI=1S/C12H25Cl/c1-7-8-11(4,5)12(6,13)9-10(2)3/h10H,7-9H2,1-6H3. The average Bonchev–Trinajstić information content (AvgIpc) is 1.82. The molecule has 0 radical (unpaired) electrons. The van der Waals surface area contributed by atoms with Crippen molar-refractivity contribution >= 4 is 11.6 Å². The van der Waals surface area contributed by atoms with Gasteiger partial charge in [-0.15, -0.1) is 11.6 Å². The van der Waals surface area contributed by atoms with Crippen LogP contribution < -0.4 is 0 Å². The normalized spacial score (nSPS) is 17.5. The summed E-state index contributed by atoms with van der Waals surface area (Å²) < 4.78 is 0. The van der Waals surface area contributed by atoms with Crippen molar-refractivity contribution in [3.63, 3.8) is 0 Å². The van der Waals surface area contributed by atoms with Gasteiger partial charge in [-0.05, 0) is 31.1 Å². The van der Waals surface area contributed by atoms with Crippen LogP contribution in [0.1, 0.15) is 60.8 Å². The fourth-order valence-electron chi connectivity index (χ4n) is 1.93. The molecule has 0 fully saturated rings. The molecular formula is C12H25Cl. The molecule has 1 unspecified atom stereocenters. The van der Waals surface area contributed by atoms with Gasteiger partial charge in [0.1, 0.15) is 0 Å². The summed E-state index contributed by atoms with van der Waals surface area (Å²) in [7, 11) is 0. The lowest BCUT2D eigenvalue weighted by atomic mass is 9.72. The summed E-state index contributed by atoms with van der Waals surface area (Å²) in [6.45, 7) is 13.5. The molecule has 0 spiro atoms. The third kappa shape index (κ3) is 3.89. The molecule has 80 valence electrons. The van der Waals surface area contributed by atoms with E-state index in [0.717, 1.165) is 6.42 Å². The minimum Gasteiger partial charge on any atom is -0.119 e. The Labute approximate surface area is 89.1 Å². The number of alkyl halides is 1. The molecule has 1 atom stereocenters. The zero-order valence-electron chi connectivity index (χ0n) is 10.1. The Balaban J connectivity index is 4.40. The fraction of sp³-hybridized carbons (Fsp3) is 1.00. The van der Waals surface area contributed by atoms with Gasteiger partial charge >= 0.3 is 0 Å². The Morgan fingerprint density at radius 1 is 1.15 bits per heavy atom. The summed E-state index contributed by atoms with van der Waals surface area (Å²) >= 11 is 6.60. The fourth-order valence-corrected chi connectivity index (χ4v) is 2.33. The number of hydrogen-bond acceptors (Lipinski definition) is 0. The van der Waals surface area contributed by atoms with E-state index in [9.17, 15) is 0 Å². The highest BCUT2D eigenvalue weighted by atomic mass is 35.5. The third-order valence-corrected chi connectivity index (χ3v) is 3.74. The van der Waals surface area contributed by atoms with Crippen molar-refractivity contribution in [3.05, 3.63) is 0 Å². The molecule has 0 aliphatic heterocycles. The maximum absolute atomic E-state index is 6.60. The molecule has 0 aliphatic rings. The van der Waals surface area contributed by atoms with E-state index in [1.807, 2.05) is 0 Å². The van der Waals surface area contributed by atoms with Crippen molar-refractivity contribution < 1.29 is 0 Å². The second-order valence-electron chi connectivity index (χ2n) is 5.43. The van der Waals surface area contributed by atoms with Crippen LogP contribution in [0.15, 0.2) is 0 Å². The Morgan fingerprint density at radius 3 is 1.92 bits per heavy atom. The van der Waals surface area contributed by atoms with E-state index in [0.29, 0.717) is 5.92 Å². The van der Waals surface area contributed by atoms with Crippen molar-refractivity contribution in [2.24, 2.45) is 11.3 Å². The zero-order chi connectivity index (χ0) is 10.7. The molecule has 13 heavy (non-hydrogen) atoms. The van der Waals surface area contributed by atoms with Gasteiger partial charge < -0.3 is 0 Å². The second kappa shape index (κ2) is 4.68. The molecule has 0 saturated carbocycles. The van der Waals surface area contributed by atoms with Crippen LogP contribution in [0.2, 0.25) is 0 Å². The Hall–Kier alpha value is 0.290. The number of rotatable bonds is 5. The van der Waals surface area contributed by atoms with Gasteiger partial charge in [0.05, 0.1) is 0 Å². The molecule has 1 heteroatoms. The van der Waals surface area contributed by atoms with Crippen molar-refractivity contribution in [1.82, 2.24) is 0 Å². The van der Waals surface area contributed by atoms with Crippen LogP contribution in [0.25, 0.3) is 0 Å². The summed E-state index contributed by atoms with van der Waals surface area (Å²) in [6.07, 6.45) is 3.52. The highest BCUT2D eigenvalue weighted by Gasteiger charge is 2.38. The van der Waals surface area contributed by atoms with Crippen LogP contribution in [-0.4, -0.2) is 4.87 Å². The Morgan fingerprint density at radius 2 is 1.62 bits per heavy atom. The molecule has 0 bridgehead atoms. The molecule has 0 aromatic heterocycles. The van der Waals surface area contributed by atoms with Gasteiger partial charge in [-0.3, -0.25) is 0 Å². The Kier molecular flexibility index (Phi) is 4.79. The summed E-state index contributed by atoms with van der Waals surface area (Å²) in [5.41, 5.74) is 0.244. The summed E-state index contributed by atoms with van der Waals surface area (Å²) in [5.74, 6) is 0.679. The molecular weight excluding hydrogens is 180 g/mol. The molecule has 0 N–H and O–H groups in total. The minimum atomic E-state index is -0.0584. The predicted octanol–water partition coefficient (Wildman–Crippen LogP) is 4.86. The Bertz CT molecular complexity index is 145. The van der Waals surface area contributed by atoms with Crippen LogP contribution in [-0.2, 0) is 0 Å². The first-order valence-electron chi connectivity index (χ1n) is 5.42. The van der Waals surface area contributed by atoms with Crippen LogP contribution >= 0.6 is 11.6 Å². The van der Waals surface area contributed by atoms with Crippen LogP contribution in [0.4, 0.5) is 0 Å². The molecule has 0 saturated heterocycles. The van der Waals surface area contributed by atoms with Crippen molar-refractivity contribution in [2.45, 2.75) is 65.7 Å². The van der Waals surface area contributed by atoms with Gasteiger partial charge in [0, 0.05) is 4.87 Å². The first-order valence-corrected chi connectivity index (χ1v) is 5.79. The topological polar surface area (TPSA) is 0 Å². The van der Waals surface area contributed by atoms with E-state index in [4.69, 9.17) is 11.6 Å². The van der Waals surface area contributed by atoms with Crippen molar-refractivity contribution in [2.75, 3.05) is 0 Å². The molecule has 0 aromatic carbocycles. The maximum Gasteiger partial charge on any atom is 0.0472 e. The van der Waals surface area contributed by atoms with Gasteiger partial charge in [-0.1, -0.05) is 41.0 Å². The SMILES string of the molecule is CCCC(C)(C)C(C)(Cl)CC(C)C. The smallest absolute Gasteiger partial charge is 0.0472 e. The first-order chi connectivity index (χ1) is 5.73. The van der Waals surface area contributed by atoms with Crippen LogP contribution in [0, 0.1) is 11.3 Å². The number of halogens is 1. The van der Waals surface area contributed by atoms with Gasteiger partial charge in [0.2, 0.25) is 0 Å². The van der Waals surface area contributed by atoms with Gasteiger partial charge in [0.25, 0.3) is 0 Å². The summed E-state index contributed by atoms with van der Waals surface area (Å²) in [4.78, 5) is -0.0584. The lowest BCUT2D eigenvalue weighted by Crippen LogP contribution is -2.37. The van der Waals surface area contributed by atoms with Gasteiger partial charge in [-0.2, -0.15) is 0 Å². The monoisotopic (exact) mass is 204 g/mol. The van der Waals surface area contributed by atoms with E-state index in [-0.39, 0.29) is 10.3 Å². The molecule has 0 amide bonds. The highest BCUT2D eigenvalue weighted by Crippen LogP contribution is 2.44. The van der Waals surface area contributed by atoms with E-state index in [1.165, 1.54) is 12.8 Å². The lowest BCUT2D eigenvalue weighted by molar-refractivity contribution is 0.208. The molecule has 0 nitrogen and oxygen atoms in total. The first kappa shape index (κ1) is 13.3. The molecule has 0 aromatic rings. The van der Waals surface area contributed by atoms with Crippen molar-refractivity contribution in [1.29, 1.82) is 0 Å². The number of hydrogen-bond donors (Lipinski definition) is 0. The average molecular weight is 205 g/mol. The molecule has 0 aliphatic carbocycles. The third-order valence-electron chi connectivity index (χ3n) is 3.08. The second-order valence-corrected chi connectivity index (χ2v) is 6.26. The van der Waals surface area contributed by atoms with Gasteiger partial charge in [0.15, 0.2) is 0 Å². The highest BCUT2D eigenvalue weighted by molar-refractivity contribution is 6.24. The molecule has 0 heterocycles. The minimum absolute atomic E-state index is 0.0584. The summed E-state index contributed by atoms with van der Waals surface area (Å²) in [5, 5.41) is 0. The lowest BCUT2D eigenvalue weighted by Gasteiger charge is -2.40. The van der Waals surface area contributed by atoms with Crippen LogP contribution in [0.5, 0.6) is 0 Å². The quantitative estimate of drug-likeness (QED) is 0.562. The zero-order valence-corrected chi connectivity index (χ0v) is 10.8. The predicted molar refractivity (Wildman–Crippen MR) is 62.4 cm³/mol. The summed E-state index contributed by atoms with van der Waals surface area (Å²) in [6, 6.07) is 0. The van der Waals surface area contributed by atoms with Crippen molar-refractivity contribution in [3.8, 4) is 0 Å². The maximum atomic E-state index is 6.60. The van der Waals surface area contributed by atoms with E-state index in [1.54, 1.807) is 0 Å². The van der Waals surface area contributed by atoms with Gasteiger partial charge in [-0.25, -0.2) is 0 Å². The van der Waals surface area contributed by atoms with E-state index in [2.05, 4.69) is 41.5 Å². The molecule has 0 rings (SSSR count). The van der Waals surface area contributed by atoms with Crippen LogP contribution in [0.3, 0.4) is 0 Å².